The van der Waals surface area contributed by atoms with Gasteiger partial charge in [0.25, 0.3) is 0 Å². The zero-order chi connectivity index (χ0) is 17.6. The maximum Gasteiger partial charge on any atom is 0.227 e. The Bertz CT molecular complexity index is 787. The van der Waals surface area contributed by atoms with E-state index < -0.39 is 0 Å². The third-order valence-electron chi connectivity index (χ3n) is 5.36. The first kappa shape index (κ1) is 16.1. The Hall–Kier alpha value is -2.43. The molecule has 4 heterocycles. The quantitative estimate of drug-likeness (QED) is 0.864. The summed E-state index contributed by atoms with van der Waals surface area (Å²) in [5, 5.41) is 0. The summed E-state index contributed by atoms with van der Waals surface area (Å²) in [6.07, 6.45) is 1.62. The molecule has 3 aliphatic heterocycles. The van der Waals surface area contributed by atoms with E-state index in [-0.39, 0.29) is 5.91 Å². The molecular formula is C20H24N4O. The number of fused-ring (bicyclic) bond motifs is 2. The first-order chi connectivity index (χ1) is 12.0. The highest BCUT2D eigenvalue weighted by molar-refractivity contribution is 5.81. The first-order valence-electron chi connectivity index (χ1n) is 8.94. The highest BCUT2D eigenvalue weighted by Gasteiger charge is 2.47. The summed E-state index contributed by atoms with van der Waals surface area (Å²) in [5.41, 5.74) is 3.32. The van der Waals surface area contributed by atoms with Crippen LogP contribution in [0.5, 0.6) is 0 Å². The van der Waals surface area contributed by atoms with Crippen LogP contribution in [0.1, 0.15) is 29.1 Å². The molecular weight excluding hydrogens is 312 g/mol. The van der Waals surface area contributed by atoms with E-state index >= 15 is 0 Å². The second-order valence-corrected chi connectivity index (χ2v) is 7.27. The number of hydrogen-bond acceptors (Lipinski definition) is 4. The lowest BCUT2D eigenvalue weighted by molar-refractivity contribution is -0.145. The summed E-state index contributed by atoms with van der Waals surface area (Å²) in [6, 6.07) is 10.8. The third-order valence-corrected chi connectivity index (χ3v) is 5.36. The van der Waals surface area contributed by atoms with Crippen molar-refractivity contribution in [1.29, 1.82) is 0 Å². The van der Waals surface area contributed by atoms with E-state index in [0.717, 1.165) is 42.4 Å². The number of rotatable bonds is 3. The normalized spacial score (nSPS) is 21.9. The van der Waals surface area contributed by atoms with Crippen molar-refractivity contribution in [3.63, 3.8) is 0 Å². The van der Waals surface area contributed by atoms with Crippen LogP contribution < -0.4 is 4.90 Å². The molecule has 2 atom stereocenters. The number of aryl methyl sites for hydroxylation is 3. The predicted octanol–water partition coefficient (Wildman–Crippen LogP) is 2.43. The number of aromatic nitrogens is 2. The number of amides is 1. The molecule has 1 amide bonds. The van der Waals surface area contributed by atoms with Gasteiger partial charge >= 0.3 is 0 Å². The van der Waals surface area contributed by atoms with Crippen molar-refractivity contribution >= 4 is 11.7 Å². The minimum Gasteiger partial charge on any atom is -0.352 e. The average Bonchev–Trinajstić information content (AvgIpc) is 2.56. The molecule has 2 bridgehead atoms. The van der Waals surface area contributed by atoms with Crippen molar-refractivity contribution in [2.75, 3.05) is 18.0 Å². The zero-order valence-corrected chi connectivity index (χ0v) is 15.1. The van der Waals surface area contributed by atoms with E-state index in [1.54, 1.807) is 0 Å². The topological polar surface area (TPSA) is 49.3 Å². The molecule has 3 aliphatic rings. The first-order valence-corrected chi connectivity index (χ1v) is 8.94. The summed E-state index contributed by atoms with van der Waals surface area (Å²) in [7, 11) is 0. The molecule has 130 valence electrons. The van der Waals surface area contributed by atoms with Crippen molar-refractivity contribution in [3.8, 4) is 0 Å². The number of hydrogen-bond donors (Lipinski definition) is 0. The largest absolute Gasteiger partial charge is 0.352 e. The van der Waals surface area contributed by atoms with Crippen molar-refractivity contribution in [2.24, 2.45) is 0 Å². The standard InChI is InChI=1S/C20H24N4O/c1-13-6-4-5-7-16(13)9-20(25)24-17-10-18(24)12-23(11-17)19-8-14(2)21-15(3)22-19/h4-8,17-18H,9-12H2,1-3H3. The number of nitrogens with zero attached hydrogens (tertiary/aromatic N) is 4. The number of carbonyl (C=O) groups excluding carboxylic acids is 1. The highest BCUT2D eigenvalue weighted by atomic mass is 16.2. The van der Waals surface area contributed by atoms with Gasteiger partial charge in [-0.25, -0.2) is 9.97 Å². The van der Waals surface area contributed by atoms with Crippen LogP contribution in [-0.4, -0.2) is 45.9 Å². The Kier molecular flexibility index (Phi) is 3.94. The lowest BCUT2D eigenvalue weighted by atomic mass is 9.86. The Morgan fingerprint density at radius 2 is 1.84 bits per heavy atom. The van der Waals surface area contributed by atoms with E-state index in [1.165, 1.54) is 5.56 Å². The molecule has 0 radical (unpaired) electrons. The molecule has 1 aromatic heterocycles. The monoisotopic (exact) mass is 336 g/mol. The zero-order valence-electron chi connectivity index (χ0n) is 15.1. The summed E-state index contributed by atoms with van der Waals surface area (Å²) >= 11 is 0. The third kappa shape index (κ3) is 2.99. The Labute approximate surface area is 148 Å². The van der Waals surface area contributed by atoms with Crippen molar-refractivity contribution in [2.45, 2.75) is 45.7 Å². The molecule has 2 aromatic rings. The lowest BCUT2D eigenvalue weighted by Gasteiger charge is -2.56. The van der Waals surface area contributed by atoms with E-state index in [2.05, 4.69) is 38.8 Å². The van der Waals surface area contributed by atoms with Gasteiger partial charge in [0, 0.05) is 24.8 Å². The minimum atomic E-state index is 0.255. The fourth-order valence-electron chi connectivity index (χ4n) is 4.13. The van der Waals surface area contributed by atoms with Gasteiger partial charge in [0.15, 0.2) is 0 Å². The Balaban J connectivity index is 1.45. The molecule has 5 rings (SSSR count). The summed E-state index contributed by atoms with van der Waals surface area (Å²) < 4.78 is 0. The predicted molar refractivity (Wildman–Crippen MR) is 97.6 cm³/mol. The number of piperazine rings is 1. The molecule has 3 saturated heterocycles. The van der Waals surface area contributed by atoms with Crippen LogP contribution >= 0.6 is 0 Å². The van der Waals surface area contributed by atoms with Crippen LogP contribution in [-0.2, 0) is 11.2 Å². The van der Waals surface area contributed by atoms with E-state index in [0.29, 0.717) is 18.5 Å². The average molecular weight is 336 g/mol. The fraction of sp³-hybridized carbons (Fsp3) is 0.450. The number of benzene rings is 1. The summed E-state index contributed by atoms with van der Waals surface area (Å²) in [5.74, 6) is 2.05. The van der Waals surface area contributed by atoms with Crippen molar-refractivity contribution < 1.29 is 4.79 Å². The van der Waals surface area contributed by atoms with Gasteiger partial charge in [0.05, 0.1) is 18.5 Å². The maximum absolute atomic E-state index is 12.8. The maximum atomic E-state index is 12.8. The molecule has 0 spiro atoms. The number of piperidine rings is 1. The summed E-state index contributed by atoms with van der Waals surface area (Å²) in [4.78, 5) is 26.1. The van der Waals surface area contributed by atoms with Gasteiger partial charge in [-0.05, 0) is 38.3 Å². The van der Waals surface area contributed by atoms with Crippen LogP contribution in [0.15, 0.2) is 30.3 Å². The molecule has 3 fully saturated rings. The Morgan fingerprint density at radius 3 is 2.52 bits per heavy atom. The molecule has 0 N–H and O–H groups in total. The second-order valence-electron chi connectivity index (χ2n) is 7.27. The number of anilines is 1. The van der Waals surface area contributed by atoms with Gasteiger partial charge in [0.2, 0.25) is 5.91 Å². The Morgan fingerprint density at radius 1 is 1.12 bits per heavy atom. The van der Waals surface area contributed by atoms with Crippen LogP contribution in [0.3, 0.4) is 0 Å². The van der Waals surface area contributed by atoms with Gasteiger partial charge < -0.3 is 9.80 Å². The van der Waals surface area contributed by atoms with E-state index in [9.17, 15) is 4.79 Å². The van der Waals surface area contributed by atoms with Gasteiger partial charge in [-0.2, -0.15) is 0 Å². The smallest absolute Gasteiger partial charge is 0.227 e. The van der Waals surface area contributed by atoms with Gasteiger partial charge in [-0.15, -0.1) is 0 Å². The van der Waals surface area contributed by atoms with Gasteiger partial charge in [-0.3, -0.25) is 4.79 Å². The molecule has 5 heteroatoms. The molecule has 5 nitrogen and oxygen atoms in total. The van der Waals surface area contributed by atoms with Crippen LogP contribution in [0.2, 0.25) is 0 Å². The van der Waals surface area contributed by atoms with Crippen molar-refractivity contribution in [1.82, 2.24) is 14.9 Å². The molecule has 2 unspecified atom stereocenters. The molecule has 1 aromatic carbocycles. The van der Waals surface area contributed by atoms with Crippen LogP contribution in [0, 0.1) is 20.8 Å². The lowest BCUT2D eigenvalue weighted by Crippen LogP contribution is -2.70. The number of carbonyl (C=O) groups is 1. The fourth-order valence-corrected chi connectivity index (χ4v) is 4.13. The molecule has 25 heavy (non-hydrogen) atoms. The van der Waals surface area contributed by atoms with Crippen molar-refractivity contribution in [3.05, 3.63) is 53.0 Å². The van der Waals surface area contributed by atoms with E-state index in [4.69, 9.17) is 0 Å². The molecule has 0 aliphatic carbocycles. The SMILES string of the molecule is Cc1cc(N2CC3CC(C2)N3C(=O)Cc2ccccc2C)nc(C)n1. The summed E-state index contributed by atoms with van der Waals surface area (Å²) in [6.45, 7) is 7.74. The van der Waals surface area contributed by atoms with Crippen LogP contribution in [0.25, 0.3) is 0 Å². The van der Waals surface area contributed by atoms with Gasteiger partial charge in [0.1, 0.15) is 11.6 Å². The second kappa shape index (κ2) is 6.14. The highest BCUT2D eigenvalue weighted by Crippen LogP contribution is 2.34. The van der Waals surface area contributed by atoms with Gasteiger partial charge in [-0.1, -0.05) is 24.3 Å². The minimum absolute atomic E-state index is 0.255. The molecule has 0 saturated carbocycles. The van der Waals surface area contributed by atoms with E-state index in [1.807, 2.05) is 32.0 Å². The van der Waals surface area contributed by atoms with Crippen LogP contribution in [0.4, 0.5) is 5.82 Å².